The van der Waals surface area contributed by atoms with E-state index in [1.807, 2.05) is 26.1 Å². The van der Waals surface area contributed by atoms with Crippen molar-refractivity contribution in [1.29, 1.82) is 0 Å². The summed E-state index contributed by atoms with van der Waals surface area (Å²) in [5.41, 5.74) is 8.70. The number of nitrogens with zero attached hydrogens (tertiary/aromatic N) is 2. The maximum absolute atomic E-state index is 5.52. The highest BCUT2D eigenvalue weighted by molar-refractivity contribution is 5.46. The van der Waals surface area contributed by atoms with Gasteiger partial charge in [0.05, 0.1) is 5.69 Å². The number of nitrogens with two attached hydrogens (primary N) is 1. The van der Waals surface area contributed by atoms with Crippen molar-refractivity contribution in [2.45, 2.75) is 13.5 Å². The number of hydrogen-bond donors (Lipinski definition) is 1. The highest BCUT2D eigenvalue weighted by Crippen LogP contribution is 2.13. The molecule has 3 nitrogen and oxygen atoms in total. The lowest BCUT2D eigenvalue weighted by Crippen LogP contribution is -2.19. The third-order valence-corrected chi connectivity index (χ3v) is 1.96. The van der Waals surface area contributed by atoms with Gasteiger partial charge in [-0.05, 0) is 19.1 Å². The fourth-order valence-corrected chi connectivity index (χ4v) is 1.31. The van der Waals surface area contributed by atoms with Gasteiger partial charge in [-0.2, -0.15) is 0 Å². The van der Waals surface area contributed by atoms with Crippen LogP contribution >= 0.6 is 0 Å². The maximum atomic E-state index is 5.52. The van der Waals surface area contributed by atoms with Crippen LogP contribution in [0.15, 0.2) is 30.5 Å². The van der Waals surface area contributed by atoms with Crippen molar-refractivity contribution in [2.24, 2.45) is 5.73 Å². The molecule has 0 atom stereocenters. The third-order valence-electron chi connectivity index (χ3n) is 1.96. The summed E-state index contributed by atoms with van der Waals surface area (Å²) in [6, 6.07) is 3.98. The van der Waals surface area contributed by atoms with Gasteiger partial charge >= 0.3 is 0 Å². The van der Waals surface area contributed by atoms with Gasteiger partial charge in [-0.1, -0.05) is 12.2 Å². The second-order valence-corrected chi connectivity index (χ2v) is 3.52. The van der Waals surface area contributed by atoms with Crippen molar-refractivity contribution in [3.63, 3.8) is 0 Å². The predicted molar refractivity (Wildman–Crippen MR) is 60.2 cm³/mol. The Balaban J connectivity index is 2.78. The average Bonchev–Trinajstić information content (AvgIpc) is 2.17. The first-order valence-corrected chi connectivity index (χ1v) is 4.64. The van der Waals surface area contributed by atoms with Crippen molar-refractivity contribution in [3.05, 3.63) is 36.2 Å². The zero-order valence-electron chi connectivity index (χ0n) is 8.83. The van der Waals surface area contributed by atoms with Crippen LogP contribution in [0.4, 0.5) is 5.69 Å². The number of rotatable bonds is 4. The molecule has 0 aliphatic carbocycles. The molecular formula is C11H17N3. The molecule has 0 fully saturated rings. The fourth-order valence-electron chi connectivity index (χ4n) is 1.31. The van der Waals surface area contributed by atoms with Gasteiger partial charge in [0.2, 0.25) is 0 Å². The molecule has 2 N–H and O–H groups in total. The van der Waals surface area contributed by atoms with Gasteiger partial charge in [-0.15, -0.1) is 0 Å². The molecule has 0 saturated heterocycles. The van der Waals surface area contributed by atoms with Crippen LogP contribution in [0, 0.1) is 0 Å². The lowest BCUT2D eigenvalue weighted by Gasteiger charge is -2.19. The topological polar surface area (TPSA) is 42.2 Å². The first-order chi connectivity index (χ1) is 6.63. The van der Waals surface area contributed by atoms with E-state index in [4.69, 9.17) is 5.73 Å². The Hall–Kier alpha value is -1.35. The smallest absolute Gasteiger partial charge is 0.0560 e. The Kier molecular flexibility index (Phi) is 3.65. The van der Waals surface area contributed by atoms with E-state index in [9.17, 15) is 0 Å². The Morgan fingerprint density at radius 2 is 2.36 bits per heavy atom. The second kappa shape index (κ2) is 4.77. The molecule has 0 bridgehead atoms. The van der Waals surface area contributed by atoms with Gasteiger partial charge < -0.3 is 10.6 Å². The van der Waals surface area contributed by atoms with Crippen molar-refractivity contribution >= 4 is 5.69 Å². The molecule has 1 aromatic heterocycles. The van der Waals surface area contributed by atoms with Gasteiger partial charge in [0.25, 0.3) is 0 Å². The normalized spacial score (nSPS) is 9.93. The monoisotopic (exact) mass is 191 g/mol. The Morgan fingerprint density at radius 1 is 1.64 bits per heavy atom. The molecule has 0 amide bonds. The number of pyridine rings is 1. The van der Waals surface area contributed by atoms with Crippen LogP contribution in [0.1, 0.15) is 12.6 Å². The molecule has 0 radical (unpaired) electrons. The number of likely N-dealkylation sites (N-methyl/N-ethyl adjacent to an activating group) is 1. The summed E-state index contributed by atoms with van der Waals surface area (Å²) in [5.74, 6) is 0. The van der Waals surface area contributed by atoms with Crippen LogP contribution in [0.5, 0.6) is 0 Å². The Labute approximate surface area is 85.3 Å². The minimum atomic E-state index is 0.481. The summed E-state index contributed by atoms with van der Waals surface area (Å²) >= 11 is 0. The van der Waals surface area contributed by atoms with Gasteiger partial charge in [0, 0.05) is 32.0 Å². The summed E-state index contributed by atoms with van der Waals surface area (Å²) in [5, 5.41) is 0. The van der Waals surface area contributed by atoms with E-state index < -0.39 is 0 Å². The quantitative estimate of drug-likeness (QED) is 0.734. The number of hydrogen-bond acceptors (Lipinski definition) is 3. The molecule has 1 rings (SSSR count). The third kappa shape index (κ3) is 2.85. The van der Waals surface area contributed by atoms with E-state index in [0.29, 0.717) is 6.54 Å². The summed E-state index contributed by atoms with van der Waals surface area (Å²) in [6.45, 7) is 7.23. The van der Waals surface area contributed by atoms with Crippen molar-refractivity contribution < 1.29 is 0 Å². The van der Waals surface area contributed by atoms with Crippen LogP contribution in [-0.2, 0) is 6.54 Å². The molecule has 0 aromatic carbocycles. The van der Waals surface area contributed by atoms with Gasteiger partial charge in [-0.25, -0.2) is 0 Å². The Morgan fingerprint density at radius 3 is 2.93 bits per heavy atom. The van der Waals surface area contributed by atoms with Gasteiger partial charge in [0.15, 0.2) is 0 Å². The zero-order chi connectivity index (χ0) is 10.6. The summed E-state index contributed by atoms with van der Waals surface area (Å²) in [4.78, 5) is 6.27. The van der Waals surface area contributed by atoms with E-state index in [-0.39, 0.29) is 0 Å². The van der Waals surface area contributed by atoms with Crippen molar-refractivity contribution in [1.82, 2.24) is 4.98 Å². The molecule has 1 aromatic rings. The maximum Gasteiger partial charge on any atom is 0.0560 e. The molecule has 3 heteroatoms. The van der Waals surface area contributed by atoms with Gasteiger partial charge in [0.1, 0.15) is 0 Å². The van der Waals surface area contributed by atoms with E-state index in [1.165, 1.54) is 0 Å². The summed E-state index contributed by atoms with van der Waals surface area (Å²) in [7, 11) is 2.03. The van der Waals surface area contributed by atoms with Crippen molar-refractivity contribution in [2.75, 3.05) is 18.5 Å². The second-order valence-electron chi connectivity index (χ2n) is 3.52. The van der Waals surface area contributed by atoms with Crippen LogP contribution in [0.25, 0.3) is 0 Å². The van der Waals surface area contributed by atoms with Crippen LogP contribution < -0.4 is 10.6 Å². The van der Waals surface area contributed by atoms with E-state index >= 15 is 0 Å². The molecule has 0 aliphatic rings. The summed E-state index contributed by atoms with van der Waals surface area (Å²) < 4.78 is 0. The minimum Gasteiger partial charge on any atom is -0.371 e. The van der Waals surface area contributed by atoms with Crippen molar-refractivity contribution in [3.8, 4) is 0 Å². The van der Waals surface area contributed by atoms with Crippen LogP contribution in [-0.4, -0.2) is 18.6 Å². The highest BCUT2D eigenvalue weighted by atomic mass is 15.1. The molecule has 0 spiro atoms. The van der Waals surface area contributed by atoms with E-state index in [2.05, 4.69) is 16.5 Å². The molecule has 0 unspecified atom stereocenters. The average molecular weight is 191 g/mol. The Bertz CT molecular complexity index is 320. The molecule has 1 heterocycles. The molecule has 14 heavy (non-hydrogen) atoms. The van der Waals surface area contributed by atoms with E-state index in [1.54, 1.807) is 6.20 Å². The molecule has 0 saturated carbocycles. The first kappa shape index (κ1) is 10.7. The number of anilines is 1. The minimum absolute atomic E-state index is 0.481. The fraction of sp³-hybridized carbons (Fsp3) is 0.364. The largest absolute Gasteiger partial charge is 0.371 e. The van der Waals surface area contributed by atoms with Crippen LogP contribution in [0.3, 0.4) is 0 Å². The lowest BCUT2D eigenvalue weighted by molar-refractivity contribution is 0.952. The highest BCUT2D eigenvalue weighted by Gasteiger charge is 2.01. The standard InChI is InChI=1S/C11H17N3/c1-9(2)8-14(3)11-4-5-13-10(6-11)7-12/h4-6H,1,7-8,12H2,2-3H3. The SMILES string of the molecule is C=C(C)CN(C)c1ccnc(CN)c1. The predicted octanol–water partition coefficient (Wildman–Crippen LogP) is 1.55. The van der Waals surface area contributed by atoms with Gasteiger partial charge in [-0.3, -0.25) is 4.98 Å². The molecule has 0 aliphatic heterocycles. The molecular weight excluding hydrogens is 174 g/mol. The molecule has 76 valence electrons. The summed E-state index contributed by atoms with van der Waals surface area (Å²) in [6.07, 6.45) is 1.78. The lowest BCUT2D eigenvalue weighted by atomic mass is 10.2. The van der Waals surface area contributed by atoms with E-state index in [0.717, 1.165) is 23.5 Å². The zero-order valence-corrected chi connectivity index (χ0v) is 8.83. The number of aromatic nitrogens is 1. The van der Waals surface area contributed by atoms with Crippen LogP contribution in [0.2, 0.25) is 0 Å². The first-order valence-electron chi connectivity index (χ1n) is 4.64.